The van der Waals surface area contributed by atoms with E-state index in [1.807, 2.05) is 37.5 Å². The normalized spacial score (nSPS) is 12.5. The summed E-state index contributed by atoms with van der Waals surface area (Å²) < 4.78 is 18.5. The Morgan fingerprint density at radius 1 is 1.18 bits per heavy atom. The number of aryl methyl sites for hydroxylation is 1. The lowest BCUT2D eigenvalue weighted by molar-refractivity contribution is 0.171. The highest BCUT2D eigenvalue weighted by atomic mass is 16.7. The van der Waals surface area contributed by atoms with Gasteiger partial charge in [0.05, 0.1) is 24.6 Å². The number of rotatable bonds is 8. The van der Waals surface area contributed by atoms with Crippen LogP contribution in [0, 0.1) is 0 Å². The number of fused-ring (bicyclic) bond motifs is 2. The van der Waals surface area contributed by atoms with Crippen molar-refractivity contribution in [2.24, 2.45) is 7.05 Å². The van der Waals surface area contributed by atoms with Gasteiger partial charge in [0.1, 0.15) is 11.3 Å². The van der Waals surface area contributed by atoms with Crippen molar-refractivity contribution in [3.8, 4) is 28.6 Å². The van der Waals surface area contributed by atoms with Crippen molar-refractivity contribution in [2.45, 2.75) is 19.9 Å². The Bertz CT molecular complexity index is 1320. The van der Waals surface area contributed by atoms with E-state index in [2.05, 4.69) is 44.3 Å². The summed E-state index contributed by atoms with van der Waals surface area (Å²) >= 11 is 0. The Morgan fingerprint density at radius 2 is 2.06 bits per heavy atom. The van der Waals surface area contributed by atoms with Crippen LogP contribution in [0.25, 0.3) is 22.6 Å². The van der Waals surface area contributed by atoms with Crippen molar-refractivity contribution < 1.29 is 14.2 Å². The molecule has 0 unspecified atom stereocenters. The fourth-order valence-electron chi connectivity index (χ4n) is 3.74. The summed E-state index contributed by atoms with van der Waals surface area (Å²) in [4.78, 5) is 11.6. The van der Waals surface area contributed by atoms with Crippen LogP contribution in [0.15, 0.2) is 36.7 Å². The lowest BCUT2D eigenvalue weighted by Crippen LogP contribution is -2.33. The Labute approximate surface area is 196 Å². The summed E-state index contributed by atoms with van der Waals surface area (Å²) in [5.41, 5.74) is 2.76. The fraction of sp³-hybridized carbons (Fsp3) is 0.348. The van der Waals surface area contributed by atoms with E-state index in [0.717, 1.165) is 23.6 Å². The van der Waals surface area contributed by atoms with E-state index in [0.29, 0.717) is 46.8 Å². The summed E-state index contributed by atoms with van der Waals surface area (Å²) in [6.45, 7) is 5.80. The minimum absolute atomic E-state index is 0.165. The standard InChI is InChI=1S/C23H26N8O3/c1-14(2)24-7-8-31(16-9-18(32-4)21-19(10-16)33-13-34-21)20-6-5-17-23(26-20)27-22(29-28-17)15-11-25-30(3)12-15/h5-6,9-12,14,24H,7-8,13H2,1-4H3. The van der Waals surface area contributed by atoms with Gasteiger partial charge in [0.2, 0.25) is 12.5 Å². The van der Waals surface area contributed by atoms with Gasteiger partial charge < -0.3 is 24.4 Å². The molecule has 176 valence electrons. The minimum atomic E-state index is 0.165. The monoisotopic (exact) mass is 462 g/mol. The molecular weight excluding hydrogens is 436 g/mol. The second-order valence-corrected chi connectivity index (χ2v) is 8.19. The highest BCUT2D eigenvalue weighted by Crippen LogP contribution is 2.45. The second kappa shape index (κ2) is 9.10. The van der Waals surface area contributed by atoms with Gasteiger partial charge in [-0.3, -0.25) is 4.68 Å². The van der Waals surface area contributed by atoms with Crippen molar-refractivity contribution in [3.63, 3.8) is 0 Å². The average Bonchev–Trinajstić information content (AvgIpc) is 3.49. The van der Waals surface area contributed by atoms with E-state index >= 15 is 0 Å². The minimum Gasteiger partial charge on any atom is -0.493 e. The third-order valence-electron chi connectivity index (χ3n) is 5.39. The van der Waals surface area contributed by atoms with Gasteiger partial charge in [-0.2, -0.15) is 5.10 Å². The van der Waals surface area contributed by atoms with Gasteiger partial charge in [-0.05, 0) is 12.1 Å². The molecular formula is C23H26N8O3. The third kappa shape index (κ3) is 4.29. The molecule has 0 amide bonds. The van der Waals surface area contributed by atoms with E-state index in [1.165, 1.54) is 0 Å². The van der Waals surface area contributed by atoms with Crippen LogP contribution in [-0.2, 0) is 7.05 Å². The number of benzene rings is 1. The molecule has 0 spiro atoms. The van der Waals surface area contributed by atoms with E-state index in [4.69, 9.17) is 19.2 Å². The maximum atomic E-state index is 5.64. The lowest BCUT2D eigenvalue weighted by atomic mass is 10.2. The number of hydrogen-bond donors (Lipinski definition) is 1. The molecule has 5 rings (SSSR count). The smallest absolute Gasteiger partial charge is 0.231 e. The molecule has 11 heteroatoms. The molecule has 0 bridgehead atoms. The number of aromatic nitrogens is 6. The summed E-state index contributed by atoms with van der Waals surface area (Å²) in [6, 6.07) is 8.00. The largest absolute Gasteiger partial charge is 0.493 e. The van der Waals surface area contributed by atoms with Crippen molar-refractivity contribution in [2.75, 3.05) is 31.9 Å². The Hall–Kier alpha value is -3.99. The first-order valence-electron chi connectivity index (χ1n) is 11.0. The quantitative estimate of drug-likeness (QED) is 0.419. The van der Waals surface area contributed by atoms with Gasteiger partial charge in [0.15, 0.2) is 23.0 Å². The molecule has 11 nitrogen and oxygen atoms in total. The second-order valence-electron chi connectivity index (χ2n) is 8.19. The molecule has 1 aromatic carbocycles. The summed E-state index contributed by atoms with van der Waals surface area (Å²) in [6.07, 6.45) is 3.55. The van der Waals surface area contributed by atoms with Crippen molar-refractivity contribution in [3.05, 3.63) is 36.7 Å². The number of nitrogens with zero attached hydrogens (tertiary/aromatic N) is 7. The lowest BCUT2D eigenvalue weighted by Gasteiger charge is -2.25. The molecule has 1 N–H and O–H groups in total. The van der Waals surface area contributed by atoms with E-state index < -0.39 is 0 Å². The highest BCUT2D eigenvalue weighted by Gasteiger charge is 2.23. The molecule has 0 saturated carbocycles. The predicted octanol–water partition coefficient (Wildman–Crippen LogP) is 2.69. The van der Waals surface area contributed by atoms with Gasteiger partial charge in [-0.1, -0.05) is 13.8 Å². The van der Waals surface area contributed by atoms with Gasteiger partial charge in [-0.15, -0.1) is 10.2 Å². The number of nitrogens with one attached hydrogen (secondary N) is 1. The zero-order chi connectivity index (χ0) is 23.7. The van der Waals surface area contributed by atoms with Crippen LogP contribution in [0.3, 0.4) is 0 Å². The number of pyridine rings is 1. The molecule has 0 atom stereocenters. The van der Waals surface area contributed by atoms with E-state index in [-0.39, 0.29) is 6.79 Å². The predicted molar refractivity (Wildman–Crippen MR) is 127 cm³/mol. The maximum Gasteiger partial charge on any atom is 0.231 e. The van der Waals surface area contributed by atoms with Gasteiger partial charge >= 0.3 is 0 Å². The van der Waals surface area contributed by atoms with Crippen LogP contribution in [0.5, 0.6) is 17.2 Å². The zero-order valence-electron chi connectivity index (χ0n) is 19.5. The maximum absolute atomic E-state index is 5.64. The van der Waals surface area contributed by atoms with Gasteiger partial charge in [0, 0.05) is 44.5 Å². The van der Waals surface area contributed by atoms with Crippen LogP contribution in [-0.4, -0.2) is 63.0 Å². The highest BCUT2D eigenvalue weighted by molar-refractivity contribution is 5.76. The van der Waals surface area contributed by atoms with Crippen LogP contribution in [0.4, 0.5) is 11.5 Å². The van der Waals surface area contributed by atoms with E-state index in [1.54, 1.807) is 18.0 Å². The molecule has 4 heterocycles. The molecule has 34 heavy (non-hydrogen) atoms. The first-order valence-corrected chi connectivity index (χ1v) is 11.0. The van der Waals surface area contributed by atoms with E-state index in [9.17, 15) is 0 Å². The molecule has 0 fully saturated rings. The fourth-order valence-corrected chi connectivity index (χ4v) is 3.74. The average molecular weight is 463 g/mol. The van der Waals surface area contributed by atoms with Crippen LogP contribution >= 0.6 is 0 Å². The molecule has 1 aliphatic rings. The number of hydrogen-bond acceptors (Lipinski definition) is 10. The van der Waals surface area contributed by atoms with Crippen molar-refractivity contribution >= 4 is 22.7 Å². The van der Waals surface area contributed by atoms with Crippen LogP contribution in [0.1, 0.15) is 13.8 Å². The Balaban J connectivity index is 1.56. The molecule has 4 aromatic rings. The topological polar surface area (TPSA) is 112 Å². The molecule has 0 radical (unpaired) electrons. The van der Waals surface area contributed by atoms with Crippen molar-refractivity contribution in [1.82, 2.24) is 35.3 Å². The molecule has 0 saturated heterocycles. The molecule has 3 aromatic heterocycles. The van der Waals surface area contributed by atoms with Crippen LogP contribution in [0.2, 0.25) is 0 Å². The van der Waals surface area contributed by atoms with Crippen molar-refractivity contribution in [1.29, 1.82) is 0 Å². The summed E-state index contributed by atoms with van der Waals surface area (Å²) in [5.74, 6) is 3.05. The number of ether oxygens (including phenoxy) is 3. The first kappa shape index (κ1) is 21.8. The van der Waals surface area contributed by atoms with Gasteiger partial charge in [0.25, 0.3) is 0 Å². The summed E-state index contributed by atoms with van der Waals surface area (Å²) in [7, 11) is 3.46. The first-order chi connectivity index (χ1) is 16.5. The number of methoxy groups -OCH3 is 1. The zero-order valence-corrected chi connectivity index (χ0v) is 19.5. The van der Waals surface area contributed by atoms with Crippen LogP contribution < -0.4 is 24.4 Å². The molecule has 0 aliphatic carbocycles. The SMILES string of the molecule is COc1cc(N(CCNC(C)C)c2ccc3nnc(-c4cnn(C)c4)nc3n2)cc2c1OCO2. The molecule has 1 aliphatic heterocycles. The Morgan fingerprint density at radius 3 is 2.82 bits per heavy atom. The van der Waals surface area contributed by atoms with Gasteiger partial charge in [-0.25, -0.2) is 9.97 Å². The number of anilines is 2. The third-order valence-corrected chi connectivity index (χ3v) is 5.39. The summed E-state index contributed by atoms with van der Waals surface area (Å²) in [5, 5.41) is 16.2. The Kier molecular flexibility index (Phi) is 5.84.